The zero-order valence-corrected chi connectivity index (χ0v) is 13.5. The first-order valence-corrected chi connectivity index (χ1v) is 8.50. The molecule has 0 spiro atoms. The van der Waals surface area contributed by atoms with Crippen LogP contribution >= 0.6 is 11.3 Å². The lowest BCUT2D eigenvalue weighted by molar-refractivity contribution is -0.121. The van der Waals surface area contributed by atoms with Gasteiger partial charge in [0.05, 0.1) is 16.3 Å². The molecular formula is C16H21N3O2S. The summed E-state index contributed by atoms with van der Waals surface area (Å²) in [5, 5.41) is 12.9. The molecule has 2 heterocycles. The van der Waals surface area contributed by atoms with Crippen LogP contribution in [0.1, 0.15) is 19.8 Å². The van der Waals surface area contributed by atoms with Crippen molar-refractivity contribution in [2.24, 2.45) is 5.92 Å². The van der Waals surface area contributed by atoms with Crippen molar-refractivity contribution >= 4 is 32.6 Å². The predicted molar refractivity (Wildman–Crippen MR) is 89.1 cm³/mol. The third kappa shape index (κ3) is 3.29. The van der Waals surface area contributed by atoms with E-state index in [0.29, 0.717) is 5.13 Å². The lowest BCUT2D eigenvalue weighted by Gasteiger charge is -2.35. The number of hydrogen-bond donors (Lipinski definition) is 2. The fourth-order valence-corrected chi connectivity index (χ4v) is 3.77. The molecule has 0 aliphatic carbocycles. The van der Waals surface area contributed by atoms with E-state index < -0.39 is 0 Å². The van der Waals surface area contributed by atoms with Crippen LogP contribution in [0.4, 0.5) is 5.13 Å². The van der Waals surface area contributed by atoms with Gasteiger partial charge in [-0.05, 0) is 44.4 Å². The van der Waals surface area contributed by atoms with E-state index in [1.807, 2.05) is 31.2 Å². The molecule has 1 aromatic carbocycles. The van der Waals surface area contributed by atoms with Crippen molar-refractivity contribution in [1.82, 2.24) is 9.88 Å². The molecule has 2 aromatic rings. The third-order valence-electron chi connectivity index (χ3n) is 4.26. The van der Waals surface area contributed by atoms with E-state index in [0.717, 1.165) is 36.1 Å². The Labute approximate surface area is 134 Å². The lowest BCUT2D eigenvalue weighted by atomic mass is 9.97. The summed E-state index contributed by atoms with van der Waals surface area (Å²) < 4.78 is 1.07. The Morgan fingerprint density at radius 2 is 2.36 bits per heavy atom. The second-order valence-corrected chi connectivity index (χ2v) is 6.87. The number of likely N-dealkylation sites (tertiary alicyclic amines) is 1. The zero-order chi connectivity index (χ0) is 15.5. The highest BCUT2D eigenvalue weighted by Crippen LogP contribution is 2.26. The lowest BCUT2D eigenvalue weighted by Crippen LogP contribution is -2.47. The zero-order valence-electron chi connectivity index (χ0n) is 12.7. The summed E-state index contributed by atoms with van der Waals surface area (Å²) in [4.78, 5) is 19.0. The quantitative estimate of drug-likeness (QED) is 0.908. The minimum atomic E-state index is -0.207. The van der Waals surface area contributed by atoms with Gasteiger partial charge in [-0.15, -0.1) is 0 Å². The number of anilines is 1. The van der Waals surface area contributed by atoms with Crippen molar-refractivity contribution in [3.8, 4) is 0 Å². The van der Waals surface area contributed by atoms with Crippen LogP contribution in [0, 0.1) is 5.92 Å². The molecule has 1 fully saturated rings. The van der Waals surface area contributed by atoms with Gasteiger partial charge in [-0.2, -0.15) is 0 Å². The molecule has 2 atom stereocenters. The van der Waals surface area contributed by atoms with Gasteiger partial charge in [-0.3, -0.25) is 9.69 Å². The van der Waals surface area contributed by atoms with Crippen molar-refractivity contribution in [2.45, 2.75) is 25.8 Å². The topological polar surface area (TPSA) is 65.5 Å². The maximum absolute atomic E-state index is 12.4. The first-order chi connectivity index (χ1) is 10.7. The van der Waals surface area contributed by atoms with Crippen molar-refractivity contribution in [3.05, 3.63) is 24.3 Å². The molecule has 3 rings (SSSR count). The Kier molecular flexibility index (Phi) is 4.71. The minimum absolute atomic E-state index is 0.0300. The number of piperidine rings is 1. The van der Waals surface area contributed by atoms with Crippen LogP contribution in [0.3, 0.4) is 0 Å². The molecular weight excluding hydrogens is 298 g/mol. The highest BCUT2D eigenvalue weighted by atomic mass is 32.1. The van der Waals surface area contributed by atoms with E-state index >= 15 is 0 Å². The molecule has 1 aromatic heterocycles. The summed E-state index contributed by atoms with van der Waals surface area (Å²) in [6, 6.07) is 7.65. The van der Waals surface area contributed by atoms with Gasteiger partial charge in [0.2, 0.25) is 5.91 Å². The van der Waals surface area contributed by atoms with Gasteiger partial charge in [0.1, 0.15) is 0 Å². The molecule has 1 aliphatic rings. The highest BCUT2D eigenvalue weighted by molar-refractivity contribution is 7.22. The van der Waals surface area contributed by atoms with E-state index in [2.05, 4.69) is 15.2 Å². The van der Waals surface area contributed by atoms with Crippen LogP contribution < -0.4 is 5.32 Å². The molecule has 5 nitrogen and oxygen atoms in total. The van der Waals surface area contributed by atoms with Gasteiger partial charge in [-0.25, -0.2) is 4.98 Å². The molecule has 0 bridgehead atoms. The number of carbonyl (C=O) groups is 1. The molecule has 1 amide bonds. The van der Waals surface area contributed by atoms with Crippen LogP contribution in [0.2, 0.25) is 0 Å². The van der Waals surface area contributed by atoms with Crippen LogP contribution in [0.25, 0.3) is 10.2 Å². The number of nitrogens with one attached hydrogen (secondary N) is 1. The summed E-state index contributed by atoms with van der Waals surface area (Å²) in [6.07, 6.45) is 2.07. The van der Waals surface area contributed by atoms with Crippen LogP contribution in [-0.2, 0) is 4.79 Å². The number of aromatic nitrogens is 1. The van der Waals surface area contributed by atoms with Gasteiger partial charge in [0.15, 0.2) is 5.13 Å². The number of fused-ring (bicyclic) bond motifs is 1. The number of rotatable bonds is 4. The van der Waals surface area contributed by atoms with Crippen molar-refractivity contribution in [1.29, 1.82) is 0 Å². The van der Waals surface area contributed by atoms with Gasteiger partial charge >= 0.3 is 0 Å². The SMILES string of the molecule is CC(C(=O)Nc1nc2ccccc2s1)N1CCCC(CO)C1. The number of carbonyl (C=O) groups excluding carboxylic acids is 1. The maximum Gasteiger partial charge on any atom is 0.243 e. The number of benzene rings is 1. The van der Waals surface area contributed by atoms with Crippen LogP contribution in [0.15, 0.2) is 24.3 Å². The third-order valence-corrected chi connectivity index (χ3v) is 5.21. The number of nitrogens with zero attached hydrogens (tertiary/aromatic N) is 2. The first-order valence-electron chi connectivity index (χ1n) is 7.68. The van der Waals surface area contributed by atoms with Gasteiger partial charge in [0.25, 0.3) is 0 Å². The second kappa shape index (κ2) is 6.73. The van der Waals surface area contributed by atoms with E-state index in [9.17, 15) is 9.90 Å². The summed E-state index contributed by atoms with van der Waals surface area (Å²) in [5.41, 5.74) is 0.911. The Hall–Kier alpha value is -1.50. The molecule has 6 heteroatoms. The average molecular weight is 319 g/mol. The molecule has 1 saturated heterocycles. The first kappa shape index (κ1) is 15.4. The smallest absolute Gasteiger partial charge is 0.243 e. The number of hydrogen-bond acceptors (Lipinski definition) is 5. The molecule has 2 N–H and O–H groups in total. The number of amides is 1. The Morgan fingerprint density at radius 1 is 1.55 bits per heavy atom. The molecule has 0 saturated carbocycles. The van der Waals surface area contributed by atoms with E-state index in [1.54, 1.807) is 0 Å². The highest BCUT2D eigenvalue weighted by Gasteiger charge is 2.27. The number of aliphatic hydroxyl groups excluding tert-OH is 1. The largest absolute Gasteiger partial charge is 0.396 e. The predicted octanol–water partition coefficient (Wildman–Crippen LogP) is 2.33. The number of aliphatic hydroxyl groups is 1. The summed E-state index contributed by atoms with van der Waals surface area (Å²) in [7, 11) is 0. The molecule has 22 heavy (non-hydrogen) atoms. The number of para-hydroxylation sites is 1. The van der Waals surface area contributed by atoms with E-state index in [-0.39, 0.29) is 24.5 Å². The second-order valence-electron chi connectivity index (χ2n) is 5.84. The molecule has 1 aliphatic heterocycles. The molecule has 2 unspecified atom stereocenters. The van der Waals surface area contributed by atoms with Crippen molar-refractivity contribution in [3.63, 3.8) is 0 Å². The fourth-order valence-electron chi connectivity index (χ4n) is 2.90. The normalized spacial score (nSPS) is 20.9. The monoisotopic (exact) mass is 319 g/mol. The average Bonchev–Trinajstić information content (AvgIpc) is 2.96. The van der Waals surface area contributed by atoms with E-state index in [4.69, 9.17) is 0 Å². The maximum atomic E-state index is 12.4. The van der Waals surface area contributed by atoms with Gasteiger partial charge < -0.3 is 10.4 Å². The summed E-state index contributed by atoms with van der Waals surface area (Å²) >= 11 is 1.49. The van der Waals surface area contributed by atoms with Crippen LogP contribution in [-0.4, -0.2) is 46.6 Å². The molecule has 0 radical (unpaired) electrons. The van der Waals surface area contributed by atoms with Gasteiger partial charge in [0, 0.05) is 13.2 Å². The Balaban J connectivity index is 1.65. The Morgan fingerprint density at radius 3 is 3.14 bits per heavy atom. The van der Waals surface area contributed by atoms with Crippen LogP contribution in [0.5, 0.6) is 0 Å². The summed E-state index contributed by atoms with van der Waals surface area (Å²) in [6.45, 7) is 3.81. The minimum Gasteiger partial charge on any atom is -0.396 e. The Bertz CT molecular complexity index is 625. The standard InChI is InChI=1S/C16H21N3O2S/c1-11(19-8-4-5-12(9-19)10-20)15(21)18-16-17-13-6-2-3-7-14(13)22-16/h2-3,6-7,11-12,20H,4-5,8-10H2,1H3,(H,17,18,21). The summed E-state index contributed by atoms with van der Waals surface area (Å²) in [5.74, 6) is 0.254. The fraction of sp³-hybridized carbons (Fsp3) is 0.500. The number of thiazole rings is 1. The van der Waals surface area contributed by atoms with Gasteiger partial charge in [-0.1, -0.05) is 23.5 Å². The van der Waals surface area contributed by atoms with Crippen molar-refractivity contribution < 1.29 is 9.90 Å². The van der Waals surface area contributed by atoms with Crippen molar-refractivity contribution in [2.75, 3.05) is 25.0 Å². The van der Waals surface area contributed by atoms with E-state index in [1.165, 1.54) is 11.3 Å². The molecule has 118 valence electrons.